The number of esters is 2. The first-order valence-electron chi connectivity index (χ1n) is 11.8. The van der Waals surface area contributed by atoms with E-state index in [1.165, 1.54) is 13.8 Å². The van der Waals surface area contributed by atoms with Gasteiger partial charge in [0.25, 0.3) is 5.56 Å². The Balaban J connectivity index is 2.27. The van der Waals surface area contributed by atoms with Gasteiger partial charge in [0, 0.05) is 12.3 Å². The van der Waals surface area contributed by atoms with Crippen molar-refractivity contribution in [1.82, 2.24) is 19.7 Å². The summed E-state index contributed by atoms with van der Waals surface area (Å²) in [6.07, 6.45) is -5.58. The van der Waals surface area contributed by atoms with Crippen LogP contribution in [0.15, 0.2) is 21.9 Å². The van der Waals surface area contributed by atoms with E-state index in [0.29, 0.717) is 0 Å². The van der Waals surface area contributed by atoms with E-state index in [9.17, 15) is 24.3 Å². The van der Waals surface area contributed by atoms with Crippen LogP contribution in [0.4, 0.5) is 4.39 Å². The molecule has 38 heavy (non-hydrogen) atoms. The van der Waals surface area contributed by atoms with Crippen LogP contribution in [0.5, 0.6) is 0 Å². The largest absolute Gasteiger partial charge is 0.462 e. The van der Waals surface area contributed by atoms with Crippen molar-refractivity contribution in [2.45, 2.75) is 90.1 Å². The first-order valence-corrected chi connectivity index (χ1v) is 14.5. The molecule has 1 fully saturated rings. The summed E-state index contributed by atoms with van der Waals surface area (Å²) in [5.41, 5.74) is 2.12. The maximum absolute atomic E-state index is 15.2. The van der Waals surface area contributed by atoms with E-state index in [1.807, 2.05) is 4.98 Å². The van der Waals surface area contributed by atoms with E-state index < -0.39 is 84.9 Å². The maximum Gasteiger partial charge on any atom is 0.330 e. The molecule has 1 aromatic rings. The van der Waals surface area contributed by atoms with Crippen LogP contribution in [-0.4, -0.2) is 75.5 Å². The minimum atomic E-state index is -3.57. The van der Waals surface area contributed by atoms with Crippen molar-refractivity contribution >= 4 is 30.3 Å². The predicted octanol–water partition coefficient (Wildman–Crippen LogP) is -0.480. The SMILES string of the molecule is CC(C)OC(=O)[C@H](C)NP(=S)(N[C@@H](C)C(=O)OC(C)C)OC[C@@]1(N)O[C@@H](n2ccc(=O)[nH]c2=O)[C@H](O)[C@@H]1F. The summed E-state index contributed by atoms with van der Waals surface area (Å²) in [6, 6.07) is -1.04. The van der Waals surface area contributed by atoms with E-state index in [0.717, 1.165) is 16.8 Å². The first kappa shape index (κ1) is 32.2. The van der Waals surface area contributed by atoms with Crippen LogP contribution < -0.4 is 27.2 Å². The number of hydrogen-bond donors (Lipinski definition) is 5. The Kier molecular flexibility index (Phi) is 10.9. The van der Waals surface area contributed by atoms with Gasteiger partial charge in [-0.2, -0.15) is 0 Å². The smallest absolute Gasteiger partial charge is 0.330 e. The molecule has 0 aromatic carbocycles. The molecule has 0 unspecified atom stereocenters. The zero-order valence-electron chi connectivity index (χ0n) is 21.9. The van der Waals surface area contributed by atoms with Crippen molar-refractivity contribution in [1.29, 1.82) is 0 Å². The fraction of sp³-hybridized carbons (Fsp3) is 0.714. The number of aromatic amines is 1. The zero-order chi connectivity index (χ0) is 29.0. The molecular formula is C21H35FN5O9PS. The average Bonchev–Trinajstić information content (AvgIpc) is 3.01. The topological polar surface area (TPSA) is 196 Å². The molecule has 216 valence electrons. The summed E-state index contributed by atoms with van der Waals surface area (Å²) in [6.45, 7) is 5.21. The molecule has 0 amide bonds. The molecule has 0 aliphatic carbocycles. The Morgan fingerprint density at radius 1 is 1.18 bits per heavy atom. The van der Waals surface area contributed by atoms with Gasteiger partial charge in [-0.3, -0.25) is 29.7 Å². The molecule has 2 heterocycles. The van der Waals surface area contributed by atoms with Crippen molar-refractivity contribution in [3.8, 4) is 0 Å². The van der Waals surface area contributed by atoms with Crippen molar-refractivity contribution < 1.29 is 37.8 Å². The lowest BCUT2D eigenvalue weighted by Gasteiger charge is -2.33. The Labute approximate surface area is 223 Å². The summed E-state index contributed by atoms with van der Waals surface area (Å²) >= 11 is 5.59. The molecule has 2 rings (SSSR count). The Morgan fingerprint density at radius 3 is 2.13 bits per heavy atom. The number of alkyl halides is 1. The highest BCUT2D eigenvalue weighted by Crippen LogP contribution is 2.43. The van der Waals surface area contributed by atoms with Crippen LogP contribution in [0.3, 0.4) is 0 Å². The number of aliphatic hydroxyl groups is 1. The second-order valence-corrected chi connectivity index (χ2v) is 12.8. The lowest BCUT2D eigenvalue weighted by molar-refractivity contribution is -0.149. The molecule has 6 N–H and O–H groups in total. The molecule has 0 spiro atoms. The van der Waals surface area contributed by atoms with Crippen molar-refractivity contribution in [2.24, 2.45) is 5.73 Å². The minimum absolute atomic E-state index is 0.417. The van der Waals surface area contributed by atoms with E-state index >= 15 is 4.39 Å². The molecule has 1 aliphatic heterocycles. The number of nitrogens with zero attached hydrogens (tertiary/aromatic N) is 1. The molecule has 14 nitrogen and oxygen atoms in total. The van der Waals surface area contributed by atoms with Crippen LogP contribution in [0, 0.1) is 0 Å². The second kappa shape index (κ2) is 12.9. The zero-order valence-corrected chi connectivity index (χ0v) is 23.6. The summed E-state index contributed by atoms with van der Waals surface area (Å²) in [4.78, 5) is 50.2. The van der Waals surface area contributed by atoms with E-state index in [1.54, 1.807) is 27.7 Å². The van der Waals surface area contributed by atoms with Gasteiger partial charge < -0.3 is 23.8 Å². The van der Waals surface area contributed by atoms with Gasteiger partial charge in [0.05, 0.1) is 18.8 Å². The van der Waals surface area contributed by atoms with Gasteiger partial charge in [0.2, 0.25) is 0 Å². The minimum Gasteiger partial charge on any atom is -0.462 e. The Hall–Kier alpha value is -2.04. The fourth-order valence-corrected chi connectivity index (χ4v) is 6.29. The molecular weight excluding hydrogens is 548 g/mol. The van der Waals surface area contributed by atoms with Crippen LogP contribution in [0.25, 0.3) is 0 Å². The number of carbonyl (C=O) groups excluding carboxylic acids is 2. The van der Waals surface area contributed by atoms with Crippen molar-refractivity contribution in [3.63, 3.8) is 0 Å². The highest BCUT2D eigenvalue weighted by molar-refractivity contribution is 8.10. The average molecular weight is 584 g/mol. The second-order valence-electron chi connectivity index (χ2n) is 9.37. The summed E-state index contributed by atoms with van der Waals surface area (Å²) in [7, 11) is 0. The number of rotatable bonds is 12. The van der Waals surface area contributed by atoms with Gasteiger partial charge in [-0.1, -0.05) is 0 Å². The number of hydrogen-bond acceptors (Lipinski definition) is 11. The highest BCUT2D eigenvalue weighted by Gasteiger charge is 2.55. The third-order valence-electron chi connectivity index (χ3n) is 5.13. The third kappa shape index (κ3) is 8.23. The Morgan fingerprint density at radius 2 is 1.68 bits per heavy atom. The summed E-state index contributed by atoms with van der Waals surface area (Å²) in [5, 5.41) is 16.0. The normalized spacial score (nSPS) is 25.4. The molecule has 0 radical (unpaired) electrons. The van der Waals surface area contributed by atoms with Gasteiger partial charge in [-0.25, -0.2) is 19.4 Å². The quantitative estimate of drug-likeness (QED) is 0.156. The monoisotopic (exact) mass is 583 g/mol. The maximum atomic E-state index is 15.2. The number of nitrogens with two attached hydrogens (primary N) is 1. The molecule has 1 aliphatic rings. The predicted molar refractivity (Wildman–Crippen MR) is 137 cm³/mol. The van der Waals surface area contributed by atoms with E-state index in [-0.39, 0.29) is 0 Å². The van der Waals surface area contributed by atoms with Gasteiger partial charge in [-0.05, 0) is 53.3 Å². The number of ether oxygens (including phenoxy) is 3. The van der Waals surface area contributed by atoms with Crippen molar-refractivity contribution in [3.05, 3.63) is 33.1 Å². The van der Waals surface area contributed by atoms with E-state index in [4.69, 9.17) is 36.3 Å². The molecule has 0 bridgehead atoms. The van der Waals surface area contributed by atoms with Crippen LogP contribution in [-0.2, 0) is 40.1 Å². The first-order chi connectivity index (χ1) is 17.5. The lowest BCUT2D eigenvalue weighted by atomic mass is 10.1. The van der Waals surface area contributed by atoms with Gasteiger partial charge in [-0.15, -0.1) is 0 Å². The summed E-state index contributed by atoms with van der Waals surface area (Å²) < 4.78 is 37.5. The number of nitrogens with one attached hydrogen (secondary N) is 3. The number of aromatic nitrogens is 2. The van der Waals surface area contributed by atoms with Crippen LogP contribution in [0.1, 0.15) is 47.8 Å². The number of halogens is 1. The molecule has 0 saturated carbocycles. The van der Waals surface area contributed by atoms with Gasteiger partial charge in [0.1, 0.15) is 18.2 Å². The Bertz CT molecular complexity index is 1130. The molecule has 1 saturated heterocycles. The standard InChI is InChI=1S/C21H35FN5O9PS/c1-10(2)34-18(30)12(5)25-37(38,26-13(6)19(31)35-11(3)4)33-9-21(23)16(22)15(29)17(36-21)27-8-7-14(28)24-20(27)32/h7-8,10-13,15-17,29H,9,23H2,1-6H3,(H,24,28,32)(H2,25,26,38)/t12-,13-,15+,16-,17+,21+/m0/s1. The number of aliphatic hydroxyl groups excluding tert-OH is 1. The fourth-order valence-electron chi connectivity index (χ4n) is 3.34. The summed E-state index contributed by atoms with van der Waals surface area (Å²) in [5.74, 6) is -1.32. The van der Waals surface area contributed by atoms with Gasteiger partial charge in [0.15, 0.2) is 24.7 Å². The van der Waals surface area contributed by atoms with Crippen LogP contribution >= 0.6 is 6.57 Å². The van der Waals surface area contributed by atoms with E-state index in [2.05, 4.69) is 10.2 Å². The number of carbonyl (C=O) groups is 2. The molecule has 1 aromatic heterocycles. The van der Waals surface area contributed by atoms with Gasteiger partial charge >= 0.3 is 17.6 Å². The number of H-pyrrole nitrogens is 1. The van der Waals surface area contributed by atoms with Crippen molar-refractivity contribution in [2.75, 3.05) is 6.61 Å². The molecule has 17 heteroatoms. The molecule has 6 atom stereocenters. The lowest BCUT2D eigenvalue weighted by Crippen LogP contribution is -2.53. The highest BCUT2D eigenvalue weighted by atomic mass is 32.4. The van der Waals surface area contributed by atoms with Crippen LogP contribution in [0.2, 0.25) is 0 Å². The third-order valence-corrected chi connectivity index (χ3v) is 8.03.